The van der Waals surface area contributed by atoms with E-state index in [4.69, 9.17) is 5.11 Å². The average Bonchev–Trinajstić information content (AvgIpc) is 2.30. The third-order valence-corrected chi connectivity index (χ3v) is 4.64. The van der Waals surface area contributed by atoms with Crippen LogP contribution in [0.2, 0.25) is 0 Å². The molecule has 1 unspecified atom stereocenters. The van der Waals surface area contributed by atoms with Crippen LogP contribution < -0.4 is 10.0 Å². The van der Waals surface area contributed by atoms with Crippen LogP contribution in [0.1, 0.15) is 34.1 Å². The van der Waals surface area contributed by atoms with Crippen molar-refractivity contribution in [1.82, 2.24) is 10.0 Å². The number of hydrogen-bond donors (Lipinski definition) is 4. The number of rotatable bonds is 7. The molecule has 6 nitrogen and oxygen atoms in total. The molecule has 0 heterocycles. The van der Waals surface area contributed by atoms with Gasteiger partial charge in [-0.25, -0.2) is 4.79 Å². The third kappa shape index (κ3) is 7.52. The molecule has 0 rings (SSSR count). The Morgan fingerprint density at radius 3 is 2.14 bits per heavy atom. The SMILES string of the molecule is C[C@@H](NC(=O)O)[C@H](CO)CC(N[S@+]([O-])C(C)(C)C)C(F)(F)F. The summed E-state index contributed by atoms with van der Waals surface area (Å²) in [6.07, 6.45) is -6.65. The van der Waals surface area contributed by atoms with E-state index in [2.05, 4.69) is 0 Å². The van der Waals surface area contributed by atoms with Crippen LogP contribution in [0.5, 0.6) is 0 Å². The van der Waals surface area contributed by atoms with Crippen LogP contribution in [0, 0.1) is 5.92 Å². The molecular formula is C12H23F3N2O4S. The van der Waals surface area contributed by atoms with Gasteiger partial charge in [-0.3, -0.25) is 0 Å². The Kier molecular flexibility index (Phi) is 7.96. The van der Waals surface area contributed by atoms with E-state index < -0.39 is 59.4 Å². The topological polar surface area (TPSA) is 105 Å². The average molecular weight is 348 g/mol. The van der Waals surface area contributed by atoms with Crippen LogP contribution in [-0.2, 0) is 11.4 Å². The second-order valence-corrected chi connectivity index (χ2v) is 8.01. The Balaban J connectivity index is 5.01. The lowest BCUT2D eigenvalue weighted by Crippen LogP contribution is -2.53. The molecule has 10 heteroatoms. The predicted octanol–water partition coefficient (Wildman–Crippen LogP) is 1.62. The van der Waals surface area contributed by atoms with Gasteiger partial charge in [0.1, 0.15) is 10.8 Å². The molecule has 0 bridgehead atoms. The largest absolute Gasteiger partial charge is 0.598 e. The normalized spacial score (nSPS) is 18.4. The maximum Gasteiger partial charge on any atom is 0.408 e. The van der Waals surface area contributed by atoms with Crippen molar-refractivity contribution in [2.24, 2.45) is 5.92 Å². The first-order valence-corrected chi connectivity index (χ1v) is 7.79. The second-order valence-electron chi connectivity index (χ2n) is 6.01. The fraction of sp³-hybridized carbons (Fsp3) is 0.917. The van der Waals surface area contributed by atoms with Gasteiger partial charge in [-0.2, -0.15) is 13.2 Å². The summed E-state index contributed by atoms with van der Waals surface area (Å²) in [5, 5.41) is 19.8. The van der Waals surface area contributed by atoms with Crippen molar-refractivity contribution < 1.29 is 32.7 Å². The van der Waals surface area contributed by atoms with Gasteiger partial charge in [0.2, 0.25) is 0 Å². The van der Waals surface area contributed by atoms with E-state index in [1.54, 1.807) is 0 Å². The lowest BCUT2D eigenvalue weighted by Gasteiger charge is -2.31. The molecule has 0 fully saturated rings. The minimum absolute atomic E-state index is 0.594. The molecule has 0 aliphatic rings. The zero-order valence-electron chi connectivity index (χ0n) is 12.9. The quantitative estimate of drug-likeness (QED) is 0.524. The van der Waals surface area contributed by atoms with Gasteiger partial charge in [-0.05, 0) is 34.1 Å². The Labute approximate surface area is 130 Å². The van der Waals surface area contributed by atoms with Crippen molar-refractivity contribution in [3.63, 3.8) is 0 Å². The van der Waals surface area contributed by atoms with Crippen LogP contribution in [0.3, 0.4) is 0 Å². The van der Waals surface area contributed by atoms with E-state index in [-0.39, 0.29) is 0 Å². The summed E-state index contributed by atoms with van der Waals surface area (Å²) in [6, 6.07) is -2.99. The van der Waals surface area contributed by atoms with Crippen LogP contribution >= 0.6 is 0 Å². The Hall–Kier alpha value is -0.710. The predicted molar refractivity (Wildman–Crippen MR) is 76.7 cm³/mol. The Bertz CT molecular complexity index is 363. The standard InChI is InChI=1S/C12H23F3N2O4S/c1-7(16-10(19)20)8(6-18)5-9(12(13,14)15)17-22(21)11(2,3)4/h7-9,16-18H,5-6H2,1-4H3,(H,19,20)/t7-,8+,9?,22-/m1/s1. The first-order valence-electron chi connectivity index (χ1n) is 6.64. The molecule has 22 heavy (non-hydrogen) atoms. The van der Waals surface area contributed by atoms with Gasteiger partial charge < -0.3 is 20.1 Å². The molecule has 0 spiro atoms. The second kappa shape index (κ2) is 8.23. The lowest BCUT2D eigenvalue weighted by atomic mass is 9.94. The summed E-state index contributed by atoms with van der Waals surface area (Å²) in [4.78, 5) is 10.5. The summed E-state index contributed by atoms with van der Waals surface area (Å²) in [7, 11) is 0. The van der Waals surface area contributed by atoms with Gasteiger partial charge in [0.05, 0.1) is 0 Å². The van der Waals surface area contributed by atoms with Gasteiger partial charge in [0, 0.05) is 29.9 Å². The van der Waals surface area contributed by atoms with Gasteiger partial charge in [0.15, 0.2) is 0 Å². The lowest BCUT2D eigenvalue weighted by molar-refractivity contribution is -0.156. The Morgan fingerprint density at radius 1 is 1.32 bits per heavy atom. The van der Waals surface area contributed by atoms with E-state index >= 15 is 0 Å². The molecule has 0 saturated heterocycles. The maximum atomic E-state index is 13.1. The molecule has 0 aliphatic carbocycles. The summed E-state index contributed by atoms with van der Waals surface area (Å²) in [6.45, 7) is 5.33. The number of nitrogens with one attached hydrogen (secondary N) is 2. The number of carbonyl (C=O) groups is 1. The van der Waals surface area contributed by atoms with Gasteiger partial charge >= 0.3 is 12.3 Å². The molecule has 132 valence electrons. The molecular weight excluding hydrogens is 325 g/mol. The highest BCUT2D eigenvalue weighted by Gasteiger charge is 2.46. The van der Waals surface area contributed by atoms with Crippen LogP contribution in [0.4, 0.5) is 18.0 Å². The van der Waals surface area contributed by atoms with Crippen molar-refractivity contribution >= 4 is 17.5 Å². The minimum atomic E-state index is -4.67. The summed E-state index contributed by atoms with van der Waals surface area (Å²) < 4.78 is 52.2. The van der Waals surface area contributed by atoms with E-state index in [9.17, 15) is 27.6 Å². The number of alkyl halides is 3. The van der Waals surface area contributed by atoms with Crippen LogP contribution in [0.25, 0.3) is 0 Å². The molecule has 0 aromatic heterocycles. The van der Waals surface area contributed by atoms with Crippen molar-refractivity contribution in [2.75, 3.05) is 6.61 Å². The fourth-order valence-corrected chi connectivity index (χ4v) is 2.45. The van der Waals surface area contributed by atoms with Gasteiger partial charge in [0.25, 0.3) is 0 Å². The molecule has 4 N–H and O–H groups in total. The maximum absolute atomic E-state index is 13.1. The van der Waals surface area contributed by atoms with Crippen molar-refractivity contribution in [1.29, 1.82) is 0 Å². The first kappa shape index (κ1) is 21.3. The molecule has 1 amide bonds. The van der Waals surface area contributed by atoms with Gasteiger partial charge in [-0.15, -0.1) is 4.72 Å². The number of halogens is 3. The molecule has 0 radical (unpaired) electrons. The monoisotopic (exact) mass is 348 g/mol. The summed E-state index contributed by atoms with van der Waals surface area (Å²) >= 11 is -1.94. The van der Waals surface area contributed by atoms with Crippen molar-refractivity contribution in [3.8, 4) is 0 Å². The number of aliphatic hydroxyl groups excluding tert-OH is 1. The third-order valence-electron chi connectivity index (χ3n) is 3.03. The van der Waals surface area contributed by atoms with Crippen LogP contribution in [0.15, 0.2) is 0 Å². The highest BCUT2D eigenvalue weighted by Crippen LogP contribution is 2.28. The number of carboxylic acid groups (broad SMARTS) is 1. The first-order chi connectivity index (χ1) is 9.78. The molecule has 4 atom stereocenters. The summed E-state index contributed by atoms with van der Waals surface area (Å²) in [5.74, 6) is -0.966. The van der Waals surface area contributed by atoms with Crippen molar-refractivity contribution in [2.45, 2.75) is 57.1 Å². The fourth-order valence-electron chi connectivity index (χ4n) is 1.61. The summed E-state index contributed by atoms with van der Waals surface area (Å²) in [5.41, 5.74) is 0. The van der Waals surface area contributed by atoms with Gasteiger partial charge in [-0.1, -0.05) is 0 Å². The number of aliphatic hydroxyl groups is 1. The highest BCUT2D eigenvalue weighted by atomic mass is 32.2. The molecule has 0 saturated carbocycles. The zero-order valence-corrected chi connectivity index (χ0v) is 13.7. The van der Waals surface area contributed by atoms with E-state index in [1.165, 1.54) is 27.7 Å². The van der Waals surface area contributed by atoms with E-state index in [1.807, 2.05) is 10.0 Å². The van der Waals surface area contributed by atoms with E-state index in [0.29, 0.717) is 0 Å². The Morgan fingerprint density at radius 2 is 1.82 bits per heavy atom. The smallest absolute Gasteiger partial charge is 0.408 e. The molecule has 0 aliphatic heterocycles. The number of amides is 1. The number of hydrogen-bond acceptors (Lipinski definition) is 4. The molecule has 0 aromatic carbocycles. The van der Waals surface area contributed by atoms with E-state index in [0.717, 1.165) is 0 Å². The minimum Gasteiger partial charge on any atom is -0.598 e. The zero-order chi connectivity index (χ0) is 17.7. The van der Waals surface area contributed by atoms with Crippen LogP contribution in [-0.4, -0.2) is 50.5 Å². The van der Waals surface area contributed by atoms with Crippen molar-refractivity contribution in [3.05, 3.63) is 0 Å². The molecule has 0 aromatic rings. The highest BCUT2D eigenvalue weighted by molar-refractivity contribution is 7.90.